The van der Waals surface area contributed by atoms with Gasteiger partial charge in [0.15, 0.2) is 0 Å². The first-order valence-electron chi connectivity index (χ1n) is 5.12. The van der Waals surface area contributed by atoms with Gasteiger partial charge in [0.05, 0.1) is 4.92 Å². The summed E-state index contributed by atoms with van der Waals surface area (Å²) in [6, 6.07) is 4.88. The van der Waals surface area contributed by atoms with Crippen LogP contribution in [-0.4, -0.2) is 10.2 Å². The van der Waals surface area contributed by atoms with Crippen molar-refractivity contribution in [3.63, 3.8) is 0 Å². The maximum atomic E-state index is 10.6. The van der Waals surface area contributed by atoms with Crippen LogP contribution in [0.1, 0.15) is 20.8 Å². The maximum Gasteiger partial charge on any atom is 0.292 e. The lowest BCUT2D eigenvalue weighted by atomic mass is 10.2. The normalized spacial score (nSPS) is 12.8. The molecule has 2 N–H and O–H groups in total. The minimum absolute atomic E-state index is 0.0263. The smallest absolute Gasteiger partial charge is 0.292 e. The van der Waals surface area contributed by atoms with Crippen LogP contribution in [0.4, 0.5) is 11.4 Å². The van der Waals surface area contributed by atoms with Gasteiger partial charge in [-0.15, -0.1) is 11.8 Å². The predicted octanol–water partition coefficient (Wildman–Crippen LogP) is 3.31. The predicted molar refractivity (Wildman–Crippen MR) is 67.7 cm³/mol. The maximum absolute atomic E-state index is 10.6. The summed E-state index contributed by atoms with van der Waals surface area (Å²) in [6.07, 6.45) is 0. The Morgan fingerprint density at radius 1 is 1.38 bits per heavy atom. The SMILES string of the molecule is CC(C)C(C)Sc1ccc([N+](=O)[O-])c(N)c1. The lowest BCUT2D eigenvalue weighted by molar-refractivity contribution is -0.383. The Kier molecular flexibility index (Phi) is 4.18. The number of benzene rings is 1. The summed E-state index contributed by atoms with van der Waals surface area (Å²) in [4.78, 5) is 11.1. The molecule has 1 rings (SSSR count). The lowest BCUT2D eigenvalue weighted by Crippen LogP contribution is -2.05. The number of nitro benzene ring substituents is 1. The highest BCUT2D eigenvalue weighted by Gasteiger charge is 2.14. The van der Waals surface area contributed by atoms with Gasteiger partial charge in [0.2, 0.25) is 0 Å². The van der Waals surface area contributed by atoms with Crippen LogP contribution in [0.25, 0.3) is 0 Å². The van der Waals surface area contributed by atoms with Gasteiger partial charge in [-0.05, 0) is 18.1 Å². The monoisotopic (exact) mass is 240 g/mol. The molecule has 0 heterocycles. The molecule has 1 aromatic carbocycles. The van der Waals surface area contributed by atoms with Crippen molar-refractivity contribution in [3.8, 4) is 0 Å². The van der Waals surface area contributed by atoms with Crippen LogP contribution in [0.3, 0.4) is 0 Å². The highest BCUT2D eigenvalue weighted by molar-refractivity contribution is 8.00. The molecule has 5 heteroatoms. The fourth-order valence-corrected chi connectivity index (χ4v) is 2.17. The van der Waals surface area contributed by atoms with Gasteiger partial charge in [-0.3, -0.25) is 10.1 Å². The average molecular weight is 240 g/mol. The van der Waals surface area contributed by atoms with Crippen LogP contribution in [0.5, 0.6) is 0 Å². The van der Waals surface area contributed by atoms with E-state index in [2.05, 4.69) is 20.8 Å². The molecule has 0 aliphatic carbocycles. The first kappa shape index (κ1) is 12.8. The number of nitro groups is 1. The minimum Gasteiger partial charge on any atom is -0.393 e. The van der Waals surface area contributed by atoms with Gasteiger partial charge < -0.3 is 5.73 Å². The third-order valence-electron chi connectivity index (χ3n) is 2.46. The Bertz CT molecular complexity index is 394. The molecule has 4 nitrogen and oxygen atoms in total. The average Bonchev–Trinajstić information content (AvgIpc) is 2.16. The lowest BCUT2D eigenvalue weighted by Gasteiger charge is -2.14. The van der Waals surface area contributed by atoms with Crippen LogP contribution in [-0.2, 0) is 0 Å². The molecule has 1 aromatic rings. The number of nitrogen functional groups attached to an aromatic ring is 1. The second-order valence-corrected chi connectivity index (χ2v) is 5.50. The fourth-order valence-electron chi connectivity index (χ4n) is 1.12. The van der Waals surface area contributed by atoms with E-state index in [-0.39, 0.29) is 11.4 Å². The Morgan fingerprint density at radius 3 is 2.44 bits per heavy atom. The van der Waals surface area contributed by atoms with Gasteiger partial charge in [0, 0.05) is 16.2 Å². The van der Waals surface area contributed by atoms with E-state index in [4.69, 9.17) is 5.73 Å². The van der Waals surface area contributed by atoms with Crippen LogP contribution >= 0.6 is 11.8 Å². The van der Waals surface area contributed by atoms with E-state index in [1.165, 1.54) is 6.07 Å². The summed E-state index contributed by atoms with van der Waals surface area (Å²) in [5, 5.41) is 11.0. The zero-order chi connectivity index (χ0) is 12.3. The third-order valence-corrected chi connectivity index (χ3v) is 3.90. The molecule has 0 saturated carbocycles. The zero-order valence-electron chi connectivity index (χ0n) is 9.64. The Hall–Kier alpha value is -1.23. The molecule has 0 aromatic heterocycles. The van der Waals surface area contributed by atoms with Crippen molar-refractivity contribution in [2.45, 2.75) is 30.9 Å². The second-order valence-electron chi connectivity index (χ2n) is 4.04. The summed E-state index contributed by atoms with van der Waals surface area (Å²) < 4.78 is 0. The summed E-state index contributed by atoms with van der Waals surface area (Å²) in [6.45, 7) is 6.42. The van der Waals surface area contributed by atoms with Crippen LogP contribution < -0.4 is 5.73 Å². The van der Waals surface area contributed by atoms with E-state index < -0.39 is 4.92 Å². The molecular formula is C11H16N2O2S. The molecule has 0 spiro atoms. The van der Waals surface area contributed by atoms with Gasteiger partial charge in [-0.25, -0.2) is 0 Å². The van der Waals surface area contributed by atoms with E-state index in [0.717, 1.165) is 4.90 Å². The van der Waals surface area contributed by atoms with E-state index in [1.807, 2.05) is 0 Å². The first-order valence-corrected chi connectivity index (χ1v) is 6.00. The number of hydrogen-bond donors (Lipinski definition) is 1. The van der Waals surface area contributed by atoms with Crippen LogP contribution in [0, 0.1) is 16.0 Å². The first-order chi connectivity index (χ1) is 7.41. The van der Waals surface area contributed by atoms with E-state index >= 15 is 0 Å². The van der Waals surface area contributed by atoms with E-state index in [0.29, 0.717) is 11.2 Å². The number of thioether (sulfide) groups is 1. The molecule has 0 saturated heterocycles. The van der Waals surface area contributed by atoms with Crippen molar-refractivity contribution in [3.05, 3.63) is 28.3 Å². The van der Waals surface area contributed by atoms with Gasteiger partial charge in [0.1, 0.15) is 5.69 Å². The van der Waals surface area contributed by atoms with Crippen LogP contribution in [0.15, 0.2) is 23.1 Å². The van der Waals surface area contributed by atoms with Crippen molar-refractivity contribution >= 4 is 23.1 Å². The molecule has 0 aliphatic rings. The van der Waals surface area contributed by atoms with E-state index in [1.54, 1.807) is 23.9 Å². The zero-order valence-corrected chi connectivity index (χ0v) is 10.5. The van der Waals surface area contributed by atoms with Gasteiger partial charge in [0.25, 0.3) is 5.69 Å². The Morgan fingerprint density at radius 2 is 2.00 bits per heavy atom. The molecular weight excluding hydrogens is 224 g/mol. The highest BCUT2D eigenvalue weighted by atomic mass is 32.2. The van der Waals surface area contributed by atoms with Crippen molar-refractivity contribution < 1.29 is 4.92 Å². The minimum atomic E-state index is -0.463. The molecule has 0 aliphatic heterocycles. The highest BCUT2D eigenvalue weighted by Crippen LogP contribution is 2.32. The summed E-state index contributed by atoms with van der Waals surface area (Å²) in [5.74, 6) is 0.557. The third kappa shape index (κ3) is 3.13. The fraction of sp³-hybridized carbons (Fsp3) is 0.455. The number of nitrogens with two attached hydrogens (primary N) is 1. The van der Waals surface area contributed by atoms with E-state index in [9.17, 15) is 10.1 Å². The largest absolute Gasteiger partial charge is 0.393 e. The van der Waals surface area contributed by atoms with Crippen molar-refractivity contribution in [1.29, 1.82) is 0 Å². The van der Waals surface area contributed by atoms with Crippen LogP contribution in [0.2, 0.25) is 0 Å². The summed E-state index contributed by atoms with van der Waals surface area (Å²) >= 11 is 1.68. The van der Waals surface area contributed by atoms with Crippen molar-refractivity contribution in [2.75, 3.05) is 5.73 Å². The van der Waals surface area contributed by atoms with Gasteiger partial charge >= 0.3 is 0 Å². The molecule has 1 unspecified atom stereocenters. The number of hydrogen-bond acceptors (Lipinski definition) is 4. The summed E-state index contributed by atoms with van der Waals surface area (Å²) in [7, 11) is 0. The van der Waals surface area contributed by atoms with Crippen molar-refractivity contribution in [2.24, 2.45) is 5.92 Å². The topological polar surface area (TPSA) is 69.2 Å². The van der Waals surface area contributed by atoms with Gasteiger partial charge in [-0.2, -0.15) is 0 Å². The number of rotatable bonds is 4. The number of nitrogens with zero attached hydrogens (tertiary/aromatic N) is 1. The van der Waals surface area contributed by atoms with Crippen molar-refractivity contribution in [1.82, 2.24) is 0 Å². The molecule has 1 atom stereocenters. The Balaban J connectivity index is 2.85. The number of anilines is 1. The molecule has 0 amide bonds. The van der Waals surface area contributed by atoms with Gasteiger partial charge in [-0.1, -0.05) is 20.8 Å². The second kappa shape index (κ2) is 5.21. The molecule has 16 heavy (non-hydrogen) atoms. The summed E-state index contributed by atoms with van der Waals surface area (Å²) in [5.41, 5.74) is 5.82. The Labute approximate surface area is 99.4 Å². The molecule has 0 bridgehead atoms. The standard InChI is InChI=1S/C11H16N2O2S/c1-7(2)8(3)16-9-4-5-11(13(14)15)10(12)6-9/h4-8H,12H2,1-3H3. The quantitative estimate of drug-likeness (QED) is 0.379. The molecule has 0 fully saturated rings. The molecule has 88 valence electrons. The molecule has 0 radical (unpaired) electrons.